The van der Waals surface area contributed by atoms with E-state index in [-0.39, 0.29) is 11.7 Å². The van der Waals surface area contributed by atoms with Gasteiger partial charge in [-0.25, -0.2) is 9.97 Å². The number of nitrogens with one attached hydrogen (secondary N) is 1. The summed E-state index contributed by atoms with van der Waals surface area (Å²) >= 11 is 0. The number of carbonyl (C=O) groups is 2. The maximum atomic E-state index is 11.8. The van der Waals surface area contributed by atoms with E-state index in [2.05, 4.69) is 14.9 Å². The lowest BCUT2D eigenvalue weighted by atomic mass is 10.0. The Morgan fingerprint density at radius 2 is 1.81 bits per heavy atom. The molecule has 1 amide bonds. The molecule has 0 aliphatic carbocycles. The van der Waals surface area contributed by atoms with Crippen LogP contribution in [0.1, 0.15) is 79.0 Å². The van der Waals surface area contributed by atoms with Gasteiger partial charge in [-0.3, -0.25) is 4.79 Å². The number of imidazole rings is 1. The first kappa shape index (κ1) is 28.4. The summed E-state index contributed by atoms with van der Waals surface area (Å²) in [5.74, 6) is 1.99. The molecule has 3 aromatic rings. The Morgan fingerprint density at radius 3 is 2.51 bits per heavy atom. The minimum absolute atomic E-state index is 0.0929. The van der Waals surface area contributed by atoms with Crippen molar-refractivity contribution in [3.05, 3.63) is 24.0 Å². The number of nitrogen functional groups attached to an aromatic ring is 1. The summed E-state index contributed by atoms with van der Waals surface area (Å²) in [5, 5.41) is 3.93. The monoisotopic (exact) mass is 511 g/mol. The Balaban J connectivity index is 1.82. The molecule has 2 heterocycles. The molecule has 0 spiro atoms. The molecule has 37 heavy (non-hydrogen) atoms. The van der Waals surface area contributed by atoms with Crippen molar-refractivity contribution in [2.75, 3.05) is 18.9 Å². The minimum atomic E-state index is -0.514. The first-order chi connectivity index (χ1) is 17.6. The van der Waals surface area contributed by atoms with Crippen LogP contribution in [0.3, 0.4) is 0 Å². The van der Waals surface area contributed by atoms with E-state index in [1.54, 1.807) is 6.92 Å². The number of nitrogens with zero attached hydrogens (tertiary/aromatic N) is 3. The zero-order chi connectivity index (χ0) is 27.0. The van der Waals surface area contributed by atoms with E-state index < -0.39 is 5.54 Å². The number of ketones is 1. The summed E-state index contributed by atoms with van der Waals surface area (Å²) in [4.78, 5) is 32.2. The van der Waals surface area contributed by atoms with Crippen molar-refractivity contribution in [3.8, 4) is 5.75 Å². The van der Waals surface area contributed by atoms with Crippen LogP contribution in [0.4, 0.5) is 5.82 Å². The van der Waals surface area contributed by atoms with Crippen molar-refractivity contribution in [2.24, 2.45) is 0 Å². The van der Waals surface area contributed by atoms with Gasteiger partial charge in [0.1, 0.15) is 29.5 Å². The van der Waals surface area contributed by atoms with E-state index in [9.17, 15) is 9.59 Å². The third kappa shape index (κ3) is 7.89. The molecule has 0 fully saturated rings. The predicted molar refractivity (Wildman–Crippen MR) is 147 cm³/mol. The van der Waals surface area contributed by atoms with Crippen molar-refractivity contribution in [3.63, 3.8) is 0 Å². The lowest BCUT2D eigenvalue weighted by molar-refractivity contribution is -0.120. The van der Waals surface area contributed by atoms with Crippen LogP contribution < -0.4 is 15.8 Å². The number of nitrogens with two attached hydrogens (primary N) is 1. The normalized spacial score (nSPS) is 11.8. The number of hydrogen-bond acceptors (Lipinski definition) is 7. The zero-order valence-corrected chi connectivity index (χ0v) is 22.9. The smallest absolute Gasteiger partial charge is 0.217 e. The lowest BCUT2D eigenvalue weighted by Crippen LogP contribution is -2.45. The van der Waals surface area contributed by atoms with Gasteiger partial charge < -0.3 is 29.9 Å². The van der Waals surface area contributed by atoms with Gasteiger partial charge in [0.2, 0.25) is 5.91 Å². The molecule has 0 saturated carbocycles. The second-order valence-corrected chi connectivity index (χ2v) is 10.3. The van der Waals surface area contributed by atoms with Gasteiger partial charge in [0.15, 0.2) is 5.82 Å². The molecule has 0 aliphatic rings. The van der Waals surface area contributed by atoms with Crippen LogP contribution in [0.25, 0.3) is 21.9 Å². The molecule has 0 unspecified atom stereocenters. The average Bonchev–Trinajstić information content (AvgIpc) is 3.16. The quantitative estimate of drug-likeness (QED) is 0.278. The maximum absolute atomic E-state index is 11.8. The van der Waals surface area contributed by atoms with Crippen LogP contribution in [0.15, 0.2) is 18.2 Å². The van der Waals surface area contributed by atoms with Gasteiger partial charge >= 0.3 is 0 Å². The average molecular weight is 512 g/mol. The highest BCUT2D eigenvalue weighted by Crippen LogP contribution is 2.32. The fourth-order valence-corrected chi connectivity index (χ4v) is 4.61. The molecule has 3 N–H and O–H groups in total. The fourth-order valence-electron chi connectivity index (χ4n) is 4.61. The predicted octanol–water partition coefficient (Wildman–Crippen LogP) is 4.93. The third-order valence-electron chi connectivity index (χ3n) is 6.20. The van der Waals surface area contributed by atoms with Crippen molar-refractivity contribution in [1.82, 2.24) is 19.9 Å². The Kier molecular flexibility index (Phi) is 9.86. The highest BCUT2D eigenvalue weighted by Gasteiger charge is 2.25. The third-order valence-corrected chi connectivity index (χ3v) is 6.20. The summed E-state index contributed by atoms with van der Waals surface area (Å²) in [6.07, 6.45) is 5.85. The number of rotatable bonds is 15. The number of ether oxygens (including phenoxy) is 2. The van der Waals surface area contributed by atoms with Crippen LogP contribution in [0, 0.1) is 0 Å². The Bertz CT molecular complexity index is 1230. The van der Waals surface area contributed by atoms with Crippen LogP contribution in [0.5, 0.6) is 5.75 Å². The van der Waals surface area contributed by atoms with E-state index in [0.717, 1.165) is 60.1 Å². The molecule has 9 nitrogen and oxygen atoms in total. The standard InChI is InChI=1S/C28H41N5O4/c1-6-36-17-24-31-25-26(33(24)18-28(4,5)32-20(3)35)22-14-13-21(16-23(22)30-27(25)29)37-15-11-9-7-8-10-12-19(2)34/h13-14,16H,6-12,15,17-18H2,1-5H3,(H2,29,30)(H,32,35). The molecule has 3 rings (SSSR count). The fraction of sp³-hybridized carbons (Fsp3) is 0.571. The van der Waals surface area contributed by atoms with E-state index in [0.29, 0.717) is 44.1 Å². The number of pyridine rings is 1. The largest absolute Gasteiger partial charge is 0.494 e. The SMILES string of the molecule is CCOCc1nc2c(N)nc3cc(OCCCCCCCC(C)=O)ccc3c2n1CC(C)(C)NC(C)=O. The van der Waals surface area contributed by atoms with Gasteiger partial charge in [-0.15, -0.1) is 0 Å². The molecule has 0 radical (unpaired) electrons. The van der Waals surface area contributed by atoms with Crippen molar-refractivity contribution >= 4 is 39.4 Å². The molecule has 1 aromatic carbocycles. The molecule has 0 aliphatic heterocycles. The first-order valence-corrected chi connectivity index (χ1v) is 13.2. The van der Waals surface area contributed by atoms with Crippen molar-refractivity contribution < 1.29 is 19.1 Å². The highest BCUT2D eigenvalue weighted by atomic mass is 16.5. The zero-order valence-electron chi connectivity index (χ0n) is 22.9. The minimum Gasteiger partial charge on any atom is -0.494 e. The Hall–Kier alpha value is -3.20. The number of benzene rings is 1. The summed E-state index contributed by atoms with van der Waals surface area (Å²) < 4.78 is 13.8. The van der Waals surface area contributed by atoms with Gasteiger partial charge in [-0.2, -0.15) is 0 Å². The number of unbranched alkanes of at least 4 members (excludes halogenated alkanes) is 4. The van der Waals surface area contributed by atoms with Crippen molar-refractivity contribution in [2.45, 2.75) is 91.8 Å². The molecular weight excluding hydrogens is 470 g/mol. The van der Waals surface area contributed by atoms with Crippen molar-refractivity contribution in [1.29, 1.82) is 0 Å². The van der Waals surface area contributed by atoms with Gasteiger partial charge in [-0.05, 0) is 52.7 Å². The van der Waals surface area contributed by atoms with Crippen LogP contribution in [0.2, 0.25) is 0 Å². The van der Waals surface area contributed by atoms with Gasteiger partial charge in [-0.1, -0.05) is 19.3 Å². The van der Waals surface area contributed by atoms with E-state index >= 15 is 0 Å². The van der Waals surface area contributed by atoms with Gasteiger partial charge in [0.25, 0.3) is 0 Å². The number of anilines is 1. The summed E-state index contributed by atoms with van der Waals surface area (Å²) in [7, 11) is 0. The molecular formula is C28H41N5O4. The number of hydrogen-bond donors (Lipinski definition) is 2. The summed E-state index contributed by atoms with van der Waals surface area (Å²) in [6.45, 7) is 11.1. The van der Waals surface area contributed by atoms with Gasteiger partial charge in [0, 0.05) is 37.9 Å². The van der Waals surface area contributed by atoms with E-state index in [4.69, 9.17) is 20.2 Å². The van der Waals surface area contributed by atoms with Crippen LogP contribution >= 0.6 is 0 Å². The Morgan fingerprint density at radius 1 is 1.08 bits per heavy atom. The number of amides is 1. The molecule has 2 aromatic heterocycles. The highest BCUT2D eigenvalue weighted by molar-refractivity contribution is 6.07. The maximum Gasteiger partial charge on any atom is 0.217 e. The number of carbonyl (C=O) groups excluding carboxylic acids is 2. The molecule has 9 heteroatoms. The molecule has 0 saturated heterocycles. The second-order valence-electron chi connectivity index (χ2n) is 10.3. The van der Waals surface area contributed by atoms with E-state index in [1.807, 2.05) is 39.0 Å². The first-order valence-electron chi connectivity index (χ1n) is 13.2. The number of fused-ring (bicyclic) bond motifs is 3. The Labute approximate surface area is 219 Å². The number of Topliss-reactive ketones (excluding diaryl/α,β-unsaturated/α-hetero) is 1. The summed E-state index contributed by atoms with van der Waals surface area (Å²) in [5.41, 5.74) is 8.08. The second kappa shape index (κ2) is 12.9. The van der Waals surface area contributed by atoms with E-state index in [1.165, 1.54) is 6.92 Å². The molecule has 0 bridgehead atoms. The molecule has 202 valence electrons. The topological polar surface area (TPSA) is 121 Å². The molecule has 0 atom stereocenters. The van der Waals surface area contributed by atoms with Crippen LogP contribution in [-0.2, 0) is 27.5 Å². The van der Waals surface area contributed by atoms with Crippen LogP contribution in [-0.4, -0.2) is 45.0 Å². The summed E-state index contributed by atoms with van der Waals surface area (Å²) in [6, 6.07) is 5.86. The lowest BCUT2D eigenvalue weighted by Gasteiger charge is -2.27. The number of aromatic nitrogens is 3. The van der Waals surface area contributed by atoms with Gasteiger partial charge in [0.05, 0.1) is 23.2 Å².